The number of Topliss-reactive ketones (excluding diaryl/α,β-unsaturated/α-hetero) is 3. The van der Waals surface area contributed by atoms with Gasteiger partial charge < -0.3 is 19.5 Å². The maximum atomic E-state index is 13.9. The van der Waals surface area contributed by atoms with Crippen molar-refractivity contribution in [1.82, 2.24) is 10.3 Å². The zero-order valence-corrected chi connectivity index (χ0v) is 22.9. The average molecular weight is 573 g/mol. The number of alkyl halides is 2. The molecular weight excluding hydrogens is 538 g/mol. The number of ketones is 3. The number of amides is 1. The van der Waals surface area contributed by atoms with Crippen LogP contribution in [-0.2, 0) is 33.4 Å². The van der Waals surface area contributed by atoms with Crippen molar-refractivity contribution >= 4 is 46.5 Å². The zero-order valence-electron chi connectivity index (χ0n) is 22.0. The van der Waals surface area contributed by atoms with Crippen molar-refractivity contribution in [2.75, 3.05) is 33.0 Å². The second-order valence-corrected chi connectivity index (χ2v) is 9.34. The molecule has 1 rings (SSSR count). The molecule has 0 atom stereocenters. The average Bonchev–Trinajstić information content (AvgIpc) is 2.91. The van der Waals surface area contributed by atoms with Gasteiger partial charge >= 0.3 is 11.9 Å². The summed E-state index contributed by atoms with van der Waals surface area (Å²) in [5, 5.41) is 2.19. The number of hydrogen-bond donors (Lipinski definition) is 1. The van der Waals surface area contributed by atoms with Crippen molar-refractivity contribution in [2.45, 2.75) is 58.3 Å². The minimum atomic E-state index is -4.21. The fourth-order valence-corrected chi connectivity index (χ4v) is 3.05. The largest absolute Gasteiger partial charge is 0.485 e. The standard InChI is InChI=1S/C26H34F2N2O8S/c1-18(2)16-30-25(35)26(27,28)22(33)9-7-20(31)5-6-21(32)8-10-23(39)37-14-12-36-13-15-38-24(34)19-4-3-11-29-17-19/h3-4,11,17-18H,5-10,12-16H2,1-2H3,(H,30,35). The molecule has 13 heteroatoms. The lowest BCUT2D eigenvalue weighted by atomic mass is 10.0. The topological polar surface area (TPSA) is 138 Å². The van der Waals surface area contributed by atoms with E-state index < -0.39 is 42.2 Å². The lowest BCUT2D eigenvalue weighted by Crippen LogP contribution is -2.47. The molecule has 1 heterocycles. The highest BCUT2D eigenvalue weighted by Crippen LogP contribution is 2.19. The summed E-state index contributed by atoms with van der Waals surface area (Å²) in [5.41, 5.74) is 0.336. The van der Waals surface area contributed by atoms with Gasteiger partial charge in [0.15, 0.2) is 5.05 Å². The number of aromatic nitrogens is 1. The van der Waals surface area contributed by atoms with Crippen molar-refractivity contribution < 1.29 is 47.0 Å². The molecule has 0 saturated carbocycles. The Morgan fingerprint density at radius 3 is 2.10 bits per heavy atom. The van der Waals surface area contributed by atoms with Gasteiger partial charge in [-0.2, -0.15) is 8.78 Å². The van der Waals surface area contributed by atoms with Crippen molar-refractivity contribution in [2.24, 2.45) is 5.92 Å². The molecule has 39 heavy (non-hydrogen) atoms. The van der Waals surface area contributed by atoms with Gasteiger partial charge in [0.05, 0.1) is 18.8 Å². The maximum Gasteiger partial charge on any atom is 0.381 e. The Kier molecular flexibility index (Phi) is 15.8. The number of ether oxygens (including phenoxy) is 3. The zero-order chi connectivity index (χ0) is 29.3. The maximum absolute atomic E-state index is 13.9. The van der Waals surface area contributed by atoms with Gasteiger partial charge in [-0.1, -0.05) is 13.8 Å². The molecule has 0 saturated heterocycles. The molecule has 1 aromatic heterocycles. The number of halogens is 2. The first-order chi connectivity index (χ1) is 18.4. The van der Waals surface area contributed by atoms with Gasteiger partial charge in [0.1, 0.15) is 24.8 Å². The van der Waals surface area contributed by atoms with Crippen LogP contribution in [0.5, 0.6) is 0 Å². The molecule has 1 N–H and O–H groups in total. The lowest BCUT2D eigenvalue weighted by molar-refractivity contribution is -0.158. The number of nitrogens with zero attached hydrogens (tertiary/aromatic N) is 1. The molecule has 0 fully saturated rings. The summed E-state index contributed by atoms with van der Waals surface area (Å²) in [6.45, 7) is 3.96. The highest BCUT2D eigenvalue weighted by atomic mass is 32.1. The van der Waals surface area contributed by atoms with E-state index in [0.29, 0.717) is 5.56 Å². The van der Waals surface area contributed by atoms with E-state index in [9.17, 15) is 32.8 Å². The van der Waals surface area contributed by atoms with E-state index in [4.69, 9.17) is 26.4 Å². The van der Waals surface area contributed by atoms with Crippen molar-refractivity contribution in [3.8, 4) is 0 Å². The van der Waals surface area contributed by atoms with E-state index in [-0.39, 0.29) is 75.4 Å². The van der Waals surface area contributed by atoms with Gasteiger partial charge in [0.25, 0.3) is 5.91 Å². The number of pyridine rings is 1. The van der Waals surface area contributed by atoms with Gasteiger partial charge in [-0.25, -0.2) is 4.79 Å². The van der Waals surface area contributed by atoms with Crippen LogP contribution in [0.25, 0.3) is 0 Å². The normalized spacial score (nSPS) is 11.1. The van der Waals surface area contributed by atoms with Crippen LogP contribution < -0.4 is 5.32 Å². The van der Waals surface area contributed by atoms with Gasteiger partial charge in [0.2, 0.25) is 5.78 Å². The Bertz CT molecular complexity index is 989. The molecule has 0 aliphatic rings. The Balaban J connectivity index is 2.11. The first-order valence-electron chi connectivity index (χ1n) is 12.5. The van der Waals surface area contributed by atoms with E-state index >= 15 is 0 Å². The first-order valence-corrected chi connectivity index (χ1v) is 12.9. The second kappa shape index (κ2) is 18.2. The molecule has 216 valence electrons. The summed E-state index contributed by atoms with van der Waals surface area (Å²) in [7, 11) is 0. The van der Waals surface area contributed by atoms with Crippen molar-refractivity contribution in [3.05, 3.63) is 30.1 Å². The second-order valence-electron chi connectivity index (χ2n) is 8.89. The summed E-state index contributed by atoms with van der Waals surface area (Å²) in [6, 6.07) is 3.20. The minimum absolute atomic E-state index is 0.00242. The Morgan fingerprint density at radius 2 is 1.51 bits per heavy atom. The third-order valence-corrected chi connectivity index (χ3v) is 5.40. The third-order valence-electron chi connectivity index (χ3n) is 5.08. The minimum Gasteiger partial charge on any atom is -0.485 e. The summed E-state index contributed by atoms with van der Waals surface area (Å²) in [5.74, 6) is -8.91. The predicted octanol–water partition coefficient (Wildman–Crippen LogP) is 3.05. The molecule has 0 aromatic carbocycles. The number of hydrogen-bond acceptors (Lipinski definition) is 10. The smallest absolute Gasteiger partial charge is 0.381 e. The van der Waals surface area contributed by atoms with Crippen molar-refractivity contribution in [1.29, 1.82) is 0 Å². The van der Waals surface area contributed by atoms with E-state index in [1.807, 2.05) is 5.32 Å². The summed E-state index contributed by atoms with van der Waals surface area (Å²) in [4.78, 5) is 62.7. The summed E-state index contributed by atoms with van der Waals surface area (Å²) in [6.07, 6.45) is 1.52. The molecule has 10 nitrogen and oxygen atoms in total. The van der Waals surface area contributed by atoms with E-state index in [0.717, 1.165) is 0 Å². The number of esters is 1. The molecule has 0 radical (unpaired) electrons. The Morgan fingerprint density at radius 1 is 0.923 bits per heavy atom. The summed E-state index contributed by atoms with van der Waals surface area (Å²) >= 11 is 5.04. The highest BCUT2D eigenvalue weighted by Gasteiger charge is 2.46. The van der Waals surface area contributed by atoms with E-state index in [2.05, 4.69) is 4.98 Å². The van der Waals surface area contributed by atoms with Crippen LogP contribution >= 0.6 is 12.2 Å². The lowest BCUT2D eigenvalue weighted by Gasteiger charge is -2.15. The van der Waals surface area contributed by atoms with E-state index in [1.165, 1.54) is 6.20 Å². The van der Waals surface area contributed by atoms with Gasteiger partial charge in [-0.15, -0.1) is 0 Å². The summed E-state index contributed by atoms with van der Waals surface area (Å²) < 4.78 is 43.4. The van der Waals surface area contributed by atoms with Crippen molar-refractivity contribution in [3.63, 3.8) is 0 Å². The molecule has 0 bridgehead atoms. The monoisotopic (exact) mass is 572 g/mol. The quantitative estimate of drug-likeness (QED) is 0.107. The molecule has 1 amide bonds. The Labute approximate surface area is 231 Å². The van der Waals surface area contributed by atoms with E-state index in [1.54, 1.807) is 32.2 Å². The molecule has 0 spiro atoms. The molecular formula is C26H34F2N2O8S. The highest BCUT2D eigenvalue weighted by molar-refractivity contribution is 7.80. The third kappa shape index (κ3) is 14.5. The molecule has 0 unspecified atom stereocenters. The van der Waals surface area contributed by atoms with Crippen LogP contribution in [0.4, 0.5) is 8.78 Å². The van der Waals surface area contributed by atoms with Crippen LogP contribution in [0.3, 0.4) is 0 Å². The van der Waals surface area contributed by atoms with Crippen LogP contribution in [0.2, 0.25) is 0 Å². The number of carbonyl (C=O) groups excluding carboxylic acids is 5. The fourth-order valence-electron chi connectivity index (χ4n) is 2.86. The first kappa shape index (κ1) is 33.8. The van der Waals surface area contributed by atoms with Crippen LogP contribution in [0.1, 0.15) is 62.7 Å². The van der Waals surface area contributed by atoms with Crippen LogP contribution in [0, 0.1) is 5.92 Å². The van der Waals surface area contributed by atoms with Gasteiger partial charge in [-0.05, 0) is 30.3 Å². The fraction of sp³-hybridized carbons (Fsp3) is 0.577. The number of thiocarbonyl (C=S) groups is 1. The predicted molar refractivity (Wildman–Crippen MR) is 139 cm³/mol. The van der Waals surface area contributed by atoms with Crippen LogP contribution in [0.15, 0.2) is 24.5 Å². The number of rotatable bonds is 20. The number of nitrogens with one attached hydrogen (secondary N) is 1. The molecule has 1 aromatic rings. The number of carbonyl (C=O) groups is 5. The van der Waals surface area contributed by atoms with Gasteiger partial charge in [0, 0.05) is 57.5 Å². The van der Waals surface area contributed by atoms with Gasteiger partial charge in [-0.3, -0.25) is 24.2 Å². The SMILES string of the molecule is CC(C)CNC(=O)C(F)(F)C(=O)CCC(=O)CCC(=O)CCC(=S)OCCOCCOC(=O)c1cccnc1. The molecule has 0 aliphatic heterocycles. The Hall–Kier alpha value is -3.19. The molecule has 0 aliphatic carbocycles. The van der Waals surface area contributed by atoms with Crippen LogP contribution in [-0.4, -0.2) is 78.2 Å².